The summed E-state index contributed by atoms with van der Waals surface area (Å²) in [6.07, 6.45) is 1.50. The normalized spacial score (nSPS) is 14.2. The molecule has 7 aromatic rings. The first-order chi connectivity index (χ1) is 35.0. The maximum atomic E-state index is 14.0. The minimum absolute atomic E-state index is 0.0696. The highest BCUT2D eigenvalue weighted by Crippen LogP contribution is 2.34. The molecular formula is C58H61N5O9. The number of nitrogens with one attached hydrogen (secondary N) is 3. The number of piperidine rings is 1. The van der Waals surface area contributed by atoms with Crippen LogP contribution in [0.5, 0.6) is 11.5 Å². The Morgan fingerprint density at radius 3 is 2.17 bits per heavy atom. The summed E-state index contributed by atoms with van der Waals surface area (Å²) in [5, 5.41) is 40.1. The van der Waals surface area contributed by atoms with Crippen molar-refractivity contribution in [3.05, 3.63) is 213 Å². The van der Waals surface area contributed by atoms with E-state index in [1.54, 1.807) is 77.7 Å². The van der Waals surface area contributed by atoms with Gasteiger partial charge in [-0.1, -0.05) is 121 Å². The van der Waals surface area contributed by atoms with E-state index in [4.69, 9.17) is 9.47 Å². The quantitative estimate of drug-likeness (QED) is 0.0316. The number of aliphatic hydroxyl groups is 2. The van der Waals surface area contributed by atoms with Gasteiger partial charge in [0.1, 0.15) is 11.5 Å². The van der Waals surface area contributed by atoms with Crippen molar-refractivity contribution in [1.29, 1.82) is 0 Å². The molecule has 1 aromatic heterocycles. The maximum Gasteiger partial charge on any atom is 0.347 e. The molecule has 1 aliphatic rings. The van der Waals surface area contributed by atoms with Crippen molar-refractivity contribution in [2.75, 3.05) is 52.5 Å². The number of phenolic OH excluding ortho intramolecular Hbond substituents is 1. The number of carbonyl (C=O) groups excluding carboxylic acids is 3. The van der Waals surface area contributed by atoms with E-state index < -0.39 is 17.7 Å². The first-order valence-corrected chi connectivity index (χ1v) is 24.4. The number of aromatic hydroxyl groups is 1. The smallest absolute Gasteiger partial charge is 0.347 e. The molecule has 0 bridgehead atoms. The number of amides is 2. The second kappa shape index (κ2) is 24.5. The lowest BCUT2D eigenvalue weighted by atomic mass is 9.86. The van der Waals surface area contributed by atoms with Gasteiger partial charge in [0.05, 0.1) is 18.2 Å². The summed E-state index contributed by atoms with van der Waals surface area (Å²) in [6, 6.07) is 48.3. The number of ether oxygens (including phenoxy) is 2. The van der Waals surface area contributed by atoms with Crippen LogP contribution in [0.3, 0.4) is 0 Å². The third kappa shape index (κ3) is 13.2. The zero-order valence-electron chi connectivity index (χ0n) is 40.1. The minimum Gasteiger partial charge on any atom is -0.506 e. The summed E-state index contributed by atoms with van der Waals surface area (Å²) >= 11 is 0. The van der Waals surface area contributed by atoms with Crippen molar-refractivity contribution in [2.45, 2.75) is 44.1 Å². The largest absolute Gasteiger partial charge is 0.506 e. The average molecular weight is 972 g/mol. The predicted molar refractivity (Wildman–Crippen MR) is 275 cm³/mol. The van der Waals surface area contributed by atoms with E-state index in [0.29, 0.717) is 35.0 Å². The number of hydrogen-bond donors (Lipinski definition) is 6. The summed E-state index contributed by atoms with van der Waals surface area (Å²) in [5.41, 5.74) is 2.56. The van der Waals surface area contributed by atoms with Crippen LogP contribution in [0, 0.1) is 5.92 Å². The molecule has 0 radical (unpaired) electrons. The van der Waals surface area contributed by atoms with Gasteiger partial charge < -0.3 is 45.3 Å². The van der Waals surface area contributed by atoms with Gasteiger partial charge in [-0.3, -0.25) is 19.3 Å². The van der Waals surface area contributed by atoms with Gasteiger partial charge in [0.2, 0.25) is 11.2 Å². The number of phenols is 1. The lowest BCUT2D eigenvalue weighted by molar-refractivity contribution is -0.164. The van der Waals surface area contributed by atoms with Crippen molar-refractivity contribution in [3.63, 3.8) is 0 Å². The molecule has 0 unspecified atom stereocenters. The number of nitrogens with zero attached hydrogens (tertiary/aromatic N) is 2. The Morgan fingerprint density at radius 1 is 0.764 bits per heavy atom. The molecule has 6 N–H and O–H groups in total. The average Bonchev–Trinajstić information content (AvgIpc) is 3.41. The molecule has 2 atom stereocenters. The van der Waals surface area contributed by atoms with E-state index in [9.17, 15) is 34.5 Å². The Morgan fingerprint density at radius 2 is 1.44 bits per heavy atom. The molecule has 14 nitrogen and oxygen atoms in total. The Labute approximate surface area is 418 Å². The topological polar surface area (TPSA) is 194 Å². The van der Waals surface area contributed by atoms with Crippen LogP contribution in [0.2, 0.25) is 0 Å². The van der Waals surface area contributed by atoms with Gasteiger partial charge in [-0.25, -0.2) is 4.79 Å². The number of aliphatic hydroxyl groups excluding tert-OH is 1. The van der Waals surface area contributed by atoms with Gasteiger partial charge in [-0.15, -0.1) is 0 Å². The third-order valence-electron chi connectivity index (χ3n) is 13.2. The molecule has 0 spiro atoms. The van der Waals surface area contributed by atoms with Crippen LogP contribution in [0.25, 0.3) is 10.9 Å². The van der Waals surface area contributed by atoms with Crippen LogP contribution in [-0.4, -0.2) is 100 Å². The summed E-state index contributed by atoms with van der Waals surface area (Å²) in [4.78, 5) is 59.6. The van der Waals surface area contributed by atoms with E-state index in [1.165, 1.54) is 17.7 Å². The Bertz CT molecular complexity index is 2950. The summed E-state index contributed by atoms with van der Waals surface area (Å²) in [6.45, 7) is 3.93. The zero-order valence-corrected chi connectivity index (χ0v) is 40.1. The number of benzene rings is 6. The number of rotatable bonds is 22. The molecule has 1 aliphatic heterocycles. The fourth-order valence-electron chi connectivity index (χ4n) is 9.04. The Kier molecular flexibility index (Phi) is 17.3. The van der Waals surface area contributed by atoms with Gasteiger partial charge in [0.15, 0.2) is 6.61 Å². The molecule has 0 aliphatic carbocycles. The number of aromatic amines is 1. The highest BCUT2D eigenvalue weighted by molar-refractivity contribution is 5.94. The van der Waals surface area contributed by atoms with Crippen LogP contribution < -0.4 is 20.9 Å². The standard InChI is InChI=1S/C58H61N5O9/c64-51-25-23-49(50-24-26-53(66)61-55(50)51)52(65)36-59-30-27-41-19-21-45(22-20-41)56(68)60-31-34-63(38-43-13-6-2-7-14-43)54(67)40-71-48-18-10-17-47(35-48)58(70,46-15-8-3-9-16-46)57(69)72-39-44-28-32-62(33-29-44)37-42-11-4-1-5-12-42/h1-26,35,44,52,59,64-65,70H,27-34,36-40H2,(H,60,68)(H,61,66)/t52-,58-/m0/s1. The molecular weight excluding hydrogens is 911 g/mol. The molecule has 72 heavy (non-hydrogen) atoms. The fourth-order valence-corrected chi connectivity index (χ4v) is 9.04. The van der Waals surface area contributed by atoms with E-state index >= 15 is 0 Å². The first-order valence-electron chi connectivity index (χ1n) is 24.4. The van der Waals surface area contributed by atoms with Gasteiger partial charge in [-0.05, 0) is 109 Å². The number of H-pyrrole nitrogens is 1. The van der Waals surface area contributed by atoms with Crippen molar-refractivity contribution in [1.82, 2.24) is 25.4 Å². The molecule has 0 saturated carbocycles. The van der Waals surface area contributed by atoms with E-state index in [2.05, 4.69) is 32.7 Å². The van der Waals surface area contributed by atoms with Crippen molar-refractivity contribution < 1.29 is 39.2 Å². The molecule has 8 rings (SSSR count). The number of esters is 1. The highest BCUT2D eigenvalue weighted by atomic mass is 16.6. The van der Waals surface area contributed by atoms with Gasteiger partial charge in [0.25, 0.3) is 11.8 Å². The lowest BCUT2D eigenvalue weighted by Gasteiger charge is -2.33. The van der Waals surface area contributed by atoms with Crippen molar-refractivity contribution in [2.24, 2.45) is 5.92 Å². The van der Waals surface area contributed by atoms with Gasteiger partial charge in [-0.2, -0.15) is 0 Å². The van der Waals surface area contributed by atoms with Gasteiger partial charge >= 0.3 is 5.97 Å². The zero-order chi connectivity index (χ0) is 50.3. The molecule has 6 aromatic carbocycles. The number of fused-ring (bicyclic) bond motifs is 1. The Hall–Kier alpha value is -7.62. The Balaban J connectivity index is 0.830. The second-order valence-electron chi connectivity index (χ2n) is 18.2. The second-order valence-corrected chi connectivity index (χ2v) is 18.2. The maximum absolute atomic E-state index is 14.0. The third-order valence-corrected chi connectivity index (χ3v) is 13.2. The minimum atomic E-state index is -2.14. The molecule has 1 fully saturated rings. The highest BCUT2D eigenvalue weighted by Gasteiger charge is 2.42. The summed E-state index contributed by atoms with van der Waals surface area (Å²) in [7, 11) is 0. The number of likely N-dealkylation sites (tertiary alicyclic amines) is 1. The van der Waals surface area contributed by atoms with Crippen LogP contribution in [0.15, 0.2) is 169 Å². The van der Waals surface area contributed by atoms with Crippen molar-refractivity contribution in [3.8, 4) is 11.5 Å². The number of hydrogen-bond acceptors (Lipinski definition) is 11. The molecule has 14 heteroatoms. The van der Waals surface area contributed by atoms with Crippen LogP contribution >= 0.6 is 0 Å². The summed E-state index contributed by atoms with van der Waals surface area (Å²) in [5.74, 6) is -1.04. The van der Waals surface area contributed by atoms with Crippen molar-refractivity contribution >= 4 is 28.7 Å². The molecule has 372 valence electrons. The first kappa shape index (κ1) is 50.8. The van der Waals surface area contributed by atoms with Crippen LogP contribution in [0.4, 0.5) is 0 Å². The SMILES string of the molecule is O=C(NCCN(Cc1ccccc1)C(=O)COc1cccc([C@](O)(C(=O)OCC2CCN(Cc3ccccc3)CC2)c2ccccc2)c1)c1ccc(CCNC[C@H](O)c2ccc(O)c3[nH]c(=O)ccc23)cc1. The molecule has 2 amide bonds. The lowest BCUT2D eigenvalue weighted by Crippen LogP contribution is -2.41. The fraction of sp³-hybridized carbons (Fsp3) is 0.276. The predicted octanol–water partition coefficient (Wildman–Crippen LogP) is 6.63. The van der Waals surface area contributed by atoms with Crippen LogP contribution in [-0.2, 0) is 39.4 Å². The van der Waals surface area contributed by atoms with E-state index in [0.717, 1.165) is 43.6 Å². The van der Waals surface area contributed by atoms with E-state index in [-0.39, 0.29) is 85.3 Å². The number of pyridine rings is 1. The van der Waals surface area contributed by atoms with Gasteiger partial charge in [0, 0.05) is 55.3 Å². The molecule has 1 saturated heterocycles. The van der Waals surface area contributed by atoms with E-state index in [1.807, 2.05) is 66.7 Å². The monoisotopic (exact) mass is 971 g/mol. The number of carbonyl (C=O) groups is 3. The number of aromatic nitrogens is 1. The van der Waals surface area contributed by atoms with Crippen LogP contribution in [0.1, 0.15) is 62.7 Å². The molecule has 2 heterocycles. The summed E-state index contributed by atoms with van der Waals surface area (Å²) < 4.78 is 12.0.